The van der Waals surface area contributed by atoms with Crippen LogP contribution in [-0.4, -0.2) is 31.0 Å². The lowest BCUT2D eigenvalue weighted by molar-refractivity contribution is -0.129. The van der Waals surface area contributed by atoms with Crippen molar-refractivity contribution in [2.45, 2.75) is 38.5 Å². The van der Waals surface area contributed by atoms with Crippen molar-refractivity contribution < 1.29 is 14.3 Å². The molecule has 7 heteroatoms. The van der Waals surface area contributed by atoms with Gasteiger partial charge in [-0.25, -0.2) is 0 Å². The standard InChI is InChI=1S/C21H25N3O3.ClH/c1-14(20(25)23-13-17-9-5-6-10-19(17)27-2)24-21(26)18-11-15-7-3-4-8-16(15)12-22-18;/h3-10,14,18,22H,11-13H2,1-2H3,(H,23,25)(H,24,26);1H/t14-,18+;/m1./s1. The van der Waals surface area contributed by atoms with E-state index in [1.54, 1.807) is 14.0 Å². The first-order valence-corrected chi connectivity index (χ1v) is 9.08. The van der Waals surface area contributed by atoms with E-state index in [2.05, 4.69) is 22.0 Å². The molecule has 1 aliphatic heterocycles. The van der Waals surface area contributed by atoms with Crippen LogP contribution >= 0.6 is 12.4 Å². The molecule has 28 heavy (non-hydrogen) atoms. The molecule has 0 radical (unpaired) electrons. The van der Waals surface area contributed by atoms with Gasteiger partial charge in [0.25, 0.3) is 0 Å². The van der Waals surface area contributed by atoms with E-state index in [0.717, 1.165) is 11.3 Å². The van der Waals surface area contributed by atoms with E-state index in [1.165, 1.54) is 11.1 Å². The van der Waals surface area contributed by atoms with Gasteiger partial charge in [-0.15, -0.1) is 12.4 Å². The lowest BCUT2D eigenvalue weighted by atomic mass is 9.95. The van der Waals surface area contributed by atoms with Crippen LogP contribution in [0.15, 0.2) is 48.5 Å². The molecule has 3 N–H and O–H groups in total. The number of amides is 2. The van der Waals surface area contributed by atoms with Gasteiger partial charge in [0, 0.05) is 18.7 Å². The number of fused-ring (bicyclic) bond motifs is 1. The van der Waals surface area contributed by atoms with Crippen molar-refractivity contribution in [2.75, 3.05) is 7.11 Å². The van der Waals surface area contributed by atoms with Crippen LogP contribution in [0.25, 0.3) is 0 Å². The monoisotopic (exact) mass is 403 g/mol. The molecule has 0 saturated heterocycles. The molecule has 2 aromatic rings. The summed E-state index contributed by atoms with van der Waals surface area (Å²) in [7, 11) is 1.60. The van der Waals surface area contributed by atoms with Crippen molar-refractivity contribution in [1.29, 1.82) is 0 Å². The second-order valence-electron chi connectivity index (χ2n) is 6.67. The van der Waals surface area contributed by atoms with Crippen LogP contribution in [0.4, 0.5) is 0 Å². The Hall–Kier alpha value is -2.57. The second-order valence-corrected chi connectivity index (χ2v) is 6.67. The van der Waals surface area contributed by atoms with Gasteiger partial charge < -0.3 is 20.7 Å². The molecule has 0 bridgehead atoms. The molecule has 0 fully saturated rings. The number of hydrogen-bond donors (Lipinski definition) is 3. The smallest absolute Gasteiger partial charge is 0.242 e. The van der Waals surface area contributed by atoms with Gasteiger partial charge in [-0.1, -0.05) is 42.5 Å². The molecule has 2 atom stereocenters. The average molecular weight is 404 g/mol. The number of ether oxygens (including phenoxy) is 1. The fraction of sp³-hybridized carbons (Fsp3) is 0.333. The van der Waals surface area contributed by atoms with E-state index < -0.39 is 6.04 Å². The molecule has 2 aromatic carbocycles. The number of rotatable bonds is 6. The Morgan fingerprint density at radius 2 is 1.82 bits per heavy atom. The molecule has 0 saturated carbocycles. The van der Waals surface area contributed by atoms with E-state index >= 15 is 0 Å². The molecular formula is C21H26ClN3O3. The maximum absolute atomic E-state index is 12.5. The number of hydrogen-bond acceptors (Lipinski definition) is 4. The molecular weight excluding hydrogens is 378 g/mol. The summed E-state index contributed by atoms with van der Waals surface area (Å²) in [5.41, 5.74) is 3.27. The zero-order valence-corrected chi connectivity index (χ0v) is 16.8. The van der Waals surface area contributed by atoms with Crippen LogP contribution in [0.5, 0.6) is 5.75 Å². The molecule has 1 heterocycles. The average Bonchev–Trinajstić information content (AvgIpc) is 2.71. The molecule has 0 aromatic heterocycles. The van der Waals surface area contributed by atoms with Crippen molar-refractivity contribution in [2.24, 2.45) is 0 Å². The Morgan fingerprint density at radius 1 is 1.14 bits per heavy atom. The van der Waals surface area contributed by atoms with Crippen LogP contribution in [0.2, 0.25) is 0 Å². The normalized spacial score (nSPS) is 16.1. The molecule has 0 spiro atoms. The van der Waals surface area contributed by atoms with Gasteiger partial charge in [-0.05, 0) is 30.5 Å². The Bertz CT molecular complexity index is 828. The zero-order chi connectivity index (χ0) is 19.2. The quantitative estimate of drug-likeness (QED) is 0.688. The van der Waals surface area contributed by atoms with E-state index in [1.807, 2.05) is 42.5 Å². The van der Waals surface area contributed by atoms with Crippen LogP contribution in [-0.2, 0) is 29.1 Å². The van der Waals surface area contributed by atoms with E-state index in [0.29, 0.717) is 19.5 Å². The first kappa shape index (κ1) is 21.7. The predicted molar refractivity (Wildman–Crippen MR) is 110 cm³/mol. The fourth-order valence-corrected chi connectivity index (χ4v) is 3.20. The van der Waals surface area contributed by atoms with Gasteiger partial charge in [0.2, 0.25) is 11.8 Å². The first-order valence-electron chi connectivity index (χ1n) is 9.08. The van der Waals surface area contributed by atoms with Gasteiger partial charge in [-0.2, -0.15) is 0 Å². The van der Waals surface area contributed by atoms with Crippen molar-refractivity contribution in [1.82, 2.24) is 16.0 Å². The van der Waals surface area contributed by atoms with Crippen LogP contribution in [0.3, 0.4) is 0 Å². The first-order chi connectivity index (χ1) is 13.1. The van der Waals surface area contributed by atoms with Gasteiger partial charge in [0.05, 0.1) is 13.2 Å². The van der Waals surface area contributed by atoms with Gasteiger partial charge in [-0.3, -0.25) is 9.59 Å². The third-order valence-corrected chi connectivity index (χ3v) is 4.80. The summed E-state index contributed by atoms with van der Waals surface area (Å²) in [6.07, 6.45) is 0.623. The predicted octanol–water partition coefficient (Wildman–Crippen LogP) is 1.95. The number of methoxy groups -OCH3 is 1. The van der Waals surface area contributed by atoms with E-state index in [4.69, 9.17) is 4.74 Å². The van der Waals surface area contributed by atoms with Crippen LogP contribution < -0.4 is 20.7 Å². The van der Waals surface area contributed by atoms with Gasteiger partial charge in [0.15, 0.2) is 0 Å². The highest BCUT2D eigenvalue weighted by molar-refractivity contribution is 5.89. The zero-order valence-electron chi connectivity index (χ0n) is 16.0. The summed E-state index contributed by atoms with van der Waals surface area (Å²) in [6, 6.07) is 14.6. The van der Waals surface area contributed by atoms with Gasteiger partial charge >= 0.3 is 0 Å². The van der Waals surface area contributed by atoms with E-state index in [-0.39, 0.29) is 30.3 Å². The van der Waals surface area contributed by atoms with Crippen molar-refractivity contribution >= 4 is 24.2 Å². The lowest BCUT2D eigenvalue weighted by Gasteiger charge is -2.26. The number of para-hydroxylation sites is 1. The maximum Gasteiger partial charge on any atom is 0.242 e. The Labute approximate surface area is 171 Å². The summed E-state index contributed by atoms with van der Waals surface area (Å²) in [6.45, 7) is 2.69. The van der Waals surface area contributed by atoms with Gasteiger partial charge in [0.1, 0.15) is 11.8 Å². The molecule has 0 aliphatic carbocycles. The third kappa shape index (κ3) is 5.24. The van der Waals surface area contributed by atoms with Crippen molar-refractivity contribution in [3.8, 4) is 5.75 Å². The maximum atomic E-state index is 12.5. The number of carbonyl (C=O) groups excluding carboxylic acids is 2. The lowest BCUT2D eigenvalue weighted by Crippen LogP contribution is -2.53. The van der Waals surface area contributed by atoms with Crippen LogP contribution in [0, 0.1) is 0 Å². The number of carbonyl (C=O) groups is 2. The van der Waals surface area contributed by atoms with Crippen molar-refractivity contribution in [3.63, 3.8) is 0 Å². The summed E-state index contributed by atoms with van der Waals surface area (Å²) in [5.74, 6) is 0.328. The number of halogens is 1. The van der Waals surface area contributed by atoms with Crippen LogP contribution in [0.1, 0.15) is 23.6 Å². The molecule has 2 amide bonds. The third-order valence-electron chi connectivity index (χ3n) is 4.80. The summed E-state index contributed by atoms with van der Waals surface area (Å²) in [5, 5.41) is 8.88. The number of nitrogens with one attached hydrogen (secondary N) is 3. The minimum Gasteiger partial charge on any atom is -0.496 e. The molecule has 0 unspecified atom stereocenters. The molecule has 150 valence electrons. The Morgan fingerprint density at radius 3 is 2.57 bits per heavy atom. The fourth-order valence-electron chi connectivity index (χ4n) is 3.20. The summed E-state index contributed by atoms with van der Waals surface area (Å²) in [4.78, 5) is 24.9. The summed E-state index contributed by atoms with van der Waals surface area (Å²) < 4.78 is 5.28. The second kappa shape index (κ2) is 10.1. The largest absolute Gasteiger partial charge is 0.496 e. The number of benzene rings is 2. The highest BCUT2D eigenvalue weighted by Crippen LogP contribution is 2.17. The molecule has 6 nitrogen and oxygen atoms in total. The highest BCUT2D eigenvalue weighted by atomic mass is 35.5. The molecule has 3 rings (SSSR count). The Kier molecular flexibility index (Phi) is 7.84. The SMILES string of the molecule is COc1ccccc1CNC(=O)[C@@H](C)NC(=O)[C@@H]1Cc2ccccc2CN1.Cl. The summed E-state index contributed by atoms with van der Waals surface area (Å²) >= 11 is 0. The highest BCUT2D eigenvalue weighted by Gasteiger charge is 2.26. The topological polar surface area (TPSA) is 79.5 Å². The molecule has 1 aliphatic rings. The van der Waals surface area contributed by atoms with Crippen molar-refractivity contribution in [3.05, 3.63) is 65.2 Å². The van der Waals surface area contributed by atoms with E-state index in [9.17, 15) is 9.59 Å². The minimum atomic E-state index is -0.619. The Balaban J connectivity index is 0.00000280. The minimum absolute atomic E-state index is 0.